The number of nitrogens with one attached hydrogen (secondary N) is 2. The summed E-state index contributed by atoms with van der Waals surface area (Å²) in [5.74, 6) is 1.54. The summed E-state index contributed by atoms with van der Waals surface area (Å²) >= 11 is 5.08. The van der Waals surface area contributed by atoms with Crippen molar-refractivity contribution >= 4 is 23.5 Å². The summed E-state index contributed by atoms with van der Waals surface area (Å²) in [6, 6.07) is 8.13. The molecule has 0 atom stereocenters. The van der Waals surface area contributed by atoms with E-state index >= 15 is 0 Å². The summed E-state index contributed by atoms with van der Waals surface area (Å²) in [5, 5.41) is 7.67. The van der Waals surface area contributed by atoms with Crippen molar-refractivity contribution in [2.75, 3.05) is 6.61 Å². The highest BCUT2D eigenvalue weighted by Gasteiger charge is 1.97. The zero-order chi connectivity index (χ0) is 15.7. The first-order chi connectivity index (χ1) is 9.97. The van der Waals surface area contributed by atoms with E-state index in [1.54, 1.807) is 6.21 Å². The molecule has 1 aromatic rings. The van der Waals surface area contributed by atoms with Crippen LogP contribution in [0.3, 0.4) is 0 Å². The molecule has 1 rings (SSSR count). The van der Waals surface area contributed by atoms with Crippen molar-refractivity contribution in [2.45, 2.75) is 40.2 Å². The first kappa shape index (κ1) is 17.4. The molecule has 0 radical (unpaired) electrons. The van der Waals surface area contributed by atoms with Gasteiger partial charge >= 0.3 is 0 Å². The molecule has 21 heavy (non-hydrogen) atoms. The van der Waals surface area contributed by atoms with Crippen LogP contribution in [0.25, 0.3) is 0 Å². The Labute approximate surface area is 133 Å². The van der Waals surface area contributed by atoms with Gasteiger partial charge in [0.05, 0.1) is 12.8 Å². The van der Waals surface area contributed by atoms with Gasteiger partial charge in [0, 0.05) is 6.04 Å². The summed E-state index contributed by atoms with van der Waals surface area (Å²) in [5.41, 5.74) is 3.77. The van der Waals surface area contributed by atoms with E-state index in [0.29, 0.717) is 17.1 Å². The van der Waals surface area contributed by atoms with Gasteiger partial charge in [0.1, 0.15) is 5.75 Å². The predicted octanol–water partition coefficient (Wildman–Crippen LogP) is 3.32. The number of hydrazone groups is 1. The molecule has 0 unspecified atom stereocenters. The van der Waals surface area contributed by atoms with Crippen molar-refractivity contribution in [2.24, 2.45) is 11.0 Å². The molecule has 0 heterocycles. The van der Waals surface area contributed by atoms with Gasteiger partial charge in [0.2, 0.25) is 0 Å². The monoisotopic (exact) mass is 307 g/mol. The standard InChI is InChI=1S/C16H25N3OS/c1-12(2)9-10-20-15-7-5-14(6-8-15)11-17-19-16(21)18-13(3)4/h5-8,11-13H,9-10H2,1-4H3,(H2,18,19,21). The van der Waals surface area contributed by atoms with Crippen LogP contribution in [0.1, 0.15) is 39.7 Å². The molecule has 5 heteroatoms. The Kier molecular flexibility index (Phi) is 7.75. The van der Waals surface area contributed by atoms with E-state index < -0.39 is 0 Å². The molecule has 116 valence electrons. The van der Waals surface area contributed by atoms with E-state index in [9.17, 15) is 0 Å². The van der Waals surface area contributed by atoms with Crippen molar-refractivity contribution in [3.05, 3.63) is 29.8 Å². The molecule has 2 N–H and O–H groups in total. The van der Waals surface area contributed by atoms with Gasteiger partial charge < -0.3 is 10.1 Å². The first-order valence-electron chi connectivity index (χ1n) is 7.30. The number of thiocarbonyl (C=S) groups is 1. The second kappa shape index (κ2) is 9.34. The van der Waals surface area contributed by atoms with E-state index in [2.05, 4.69) is 29.7 Å². The lowest BCUT2D eigenvalue weighted by molar-refractivity contribution is 0.289. The number of hydrogen-bond acceptors (Lipinski definition) is 3. The maximum absolute atomic E-state index is 5.67. The quantitative estimate of drug-likeness (QED) is 0.461. The van der Waals surface area contributed by atoms with Gasteiger partial charge in [-0.05, 0) is 68.2 Å². The Morgan fingerprint density at radius 2 is 1.90 bits per heavy atom. The smallest absolute Gasteiger partial charge is 0.187 e. The fourth-order valence-corrected chi connectivity index (χ4v) is 1.81. The number of rotatable bonds is 7. The van der Waals surface area contributed by atoms with E-state index in [1.807, 2.05) is 38.1 Å². The van der Waals surface area contributed by atoms with Crippen molar-refractivity contribution in [1.29, 1.82) is 0 Å². The maximum atomic E-state index is 5.67. The second-order valence-corrected chi connectivity index (χ2v) is 6.01. The number of ether oxygens (including phenoxy) is 1. The van der Waals surface area contributed by atoms with Crippen LogP contribution >= 0.6 is 12.2 Å². The van der Waals surface area contributed by atoms with Crippen molar-refractivity contribution in [1.82, 2.24) is 10.7 Å². The number of hydrogen-bond donors (Lipinski definition) is 2. The van der Waals surface area contributed by atoms with Gasteiger partial charge in [-0.15, -0.1) is 0 Å². The lowest BCUT2D eigenvalue weighted by Crippen LogP contribution is -2.36. The zero-order valence-electron chi connectivity index (χ0n) is 13.2. The Hall–Kier alpha value is -1.62. The molecule has 1 aromatic carbocycles. The maximum Gasteiger partial charge on any atom is 0.187 e. The van der Waals surface area contributed by atoms with Crippen LogP contribution in [0.2, 0.25) is 0 Å². The molecule has 4 nitrogen and oxygen atoms in total. The number of benzene rings is 1. The molecular formula is C16H25N3OS. The third-order valence-corrected chi connectivity index (χ3v) is 2.85. The van der Waals surface area contributed by atoms with Gasteiger partial charge in [-0.1, -0.05) is 13.8 Å². The van der Waals surface area contributed by atoms with Gasteiger partial charge in [0.25, 0.3) is 0 Å². The lowest BCUT2D eigenvalue weighted by atomic mass is 10.1. The van der Waals surface area contributed by atoms with Gasteiger partial charge in [0.15, 0.2) is 5.11 Å². The summed E-state index contributed by atoms with van der Waals surface area (Å²) < 4.78 is 5.67. The van der Waals surface area contributed by atoms with Crippen LogP contribution in [0, 0.1) is 5.92 Å². The summed E-state index contributed by atoms with van der Waals surface area (Å²) in [7, 11) is 0. The van der Waals surface area contributed by atoms with Crippen molar-refractivity contribution in [3.8, 4) is 5.75 Å². The van der Waals surface area contributed by atoms with Crippen molar-refractivity contribution < 1.29 is 4.74 Å². The van der Waals surface area contributed by atoms with Crippen LogP contribution in [-0.4, -0.2) is 24.0 Å². The van der Waals surface area contributed by atoms with Crippen molar-refractivity contribution in [3.63, 3.8) is 0 Å². The molecular weight excluding hydrogens is 282 g/mol. The molecule has 0 amide bonds. The molecule has 0 spiro atoms. The molecule has 0 fully saturated rings. The van der Waals surface area contributed by atoms with Gasteiger partial charge in [-0.3, -0.25) is 5.43 Å². The topological polar surface area (TPSA) is 45.6 Å². The first-order valence-corrected chi connectivity index (χ1v) is 7.70. The molecule has 0 saturated carbocycles. The van der Waals surface area contributed by atoms with Crippen LogP contribution in [0.4, 0.5) is 0 Å². The van der Waals surface area contributed by atoms with E-state index in [-0.39, 0.29) is 0 Å². The molecule has 0 aliphatic heterocycles. The summed E-state index contributed by atoms with van der Waals surface area (Å²) in [6.07, 6.45) is 2.79. The third kappa shape index (κ3) is 8.30. The fraction of sp³-hybridized carbons (Fsp3) is 0.500. The van der Waals surface area contributed by atoms with Crippen LogP contribution in [-0.2, 0) is 0 Å². The second-order valence-electron chi connectivity index (χ2n) is 5.60. The Morgan fingerprint density at radius 1 is 1.24 bits per heavy atom. The SMILES string of the molecule is CC(C)CCOc1ccc(C=NNC(=S)NC(C)C)cc1. The molecule has 0 aliphatic rings. The molecule has 0 aliphatic carbocycles. The van der Waals surface area contributed by atoms with E-state index in [1.165, 1.54) is 0 Å². The third-order valence-electron chi connectivity index (χ3n) is 2.64. The van der Waals surface area contributed by atoms with E-state index in [4.69, 9.17) is 17.0 Å². The predicted molar refractivity (Wildman–Crippen MR) is 93.0 cm³/mol. The van der Waals surface area contributed by atoms with E-state index in [0.717, 1.165) is 24.3 Å². The Morgan fingerprint density at radius 3 is 2.48 bits per heavy atom. The average Bonchev–Trinajstić information content (AvgIpc) is 2.39. The molecule has 0 aromatic heterocycles. The normalized spacial score (nSPS) is 11.1. The minimum absolute atomic E-state index is 0.294. The zero-order valence-corrected chi connectivity index (χ0v) is 14.0. The minimum Gasteiger partial charge on any atom is -0.494 e. The summed E-state index contributed by atoms with van der Waals surface area (Å²) in [6.45, 7) is 9.18. The number of nitrogens with zero attached hydrogens (tertiary/aromatic N) is 1. The Balaban J connectivity index is 2.38. The largest absolute Gasteiger partial charge is 0.494 e. The average molecular weight is 307 g/mol. The highest BCUT2D eigenvalue weighted by atomic mass is 32.1. The van der Waals surface area contributed by atoms with Crippen LogP contribution in [0.15, 0.2) is 29.4 Å². The van der Waals surface area contributed by atoms with Crippen LogP contribution < -0.4 is 15.5 Å². The van der Waals surface area contributed by atoms with Gasteiger partial charge in [-0.25, -0.2) is 0 Å². The molecule has 0 saturated heterocycles. The highest BCUT2D eigenvalue weighted by molar-refractivity contribution is 7.80. The fourth-order valence-electron chi connectivity index (χ4n) is 1.52. The summed E-state index contributed by atoms with van der Waals surface area (Å²) in [4.78, 5) is 0. The van der Waals surface area contributed by atoms with Crippen LogP contribution in [0.5, 0.6) is 5.75 Å². The molecule has 0 bridgehead atoms. The minimum atomic E-state index is 0.294. The highest BCUT2D eigenvalue weighted by Crippen LogP contribution is 2.12. The van der Waals surface area contributed by atoms with Gasteiger partial charge in [-0.2, -0.15) is 5.10 Å². The lowest BCUT2D eigenvalue weighted by Gasteiger charge is -2.09. The Bertz CT molecular complexity index is 455.